The first-order valence-corrected chi connectivity index (χ1v) is 10.8. The number of anilines is 2. The maximum absolute atomic E-state index is 12.7. The lowest BCUT2D eigenvalue weighted by molar-refractivity contribution is 0.0997. The normalized spacial score (nSPS) is 11.9. The van der Waals surface area contributed by atoms with E-state index in [0.717, 1.165) is 38.0 Å². The molecule has 0 aliphatic heterocycles. The van der Waals surface area contributed by atoms with Crippen LogP contribution in [0.3, 0.4) is 0 Å². The molecule has 0 fully saturated rings. The lowest BCUT2D eigenvalue weighted by Gasteiger charge is -2.22. The van der Waals surface area contributed by atoms with Gasteiger partial charge in [-0.05, 0) is 57.0 Å². The smallest absolute Gasteiger partial charge is 0.291 e. The summed E-state index contributed by atoms with van der Waals surface area (Å²) in [4.78, 5) is 23.0. The molecule has 0 aliphatic rings. The number of aromatic nitrogens is 2. The van der Waals surface area contributed by atoms with E-state index in [2.05, 4.69) is 46.6 Å². The molecule has 0 bridgehead atoms. The van der Waals surface area contributed by atoms with Crippen LogP contribution in [0.4, 0.5) is 10.9 Å². The van der Waals surface area contributed by atoms with Crippen molar-refractivity contribution in [1.29, 1.82) is 0 Å². The summed E-state index contributed by atoms with van der Waals surface area (Å²) >= 11 is 1.55. The fourth-order valence-electron chi connectivity index (χ4n) is 3.54. The zero-order valence-electron chi connectivity index (χ0n) is 17.9. The van der Waals surface area contributed by atoms with Crippen molar-refractivity contribution in [2.45, 2.75) is 33.7 Å². The van der Waals surface area contributed by atoms with Crippen LogP contribution in [-0.2, 0) is 0 Å². The highest BCUT2D eigenvalue weighted by Gasteiger charge is 2.26. The molecule has 0 spiro atoms. The van der Waals surface area contributed by atoms with Crippen molar-refractivity contribution in [2.24, 2.45) is 0 Å². The molecule has 0 aliphatic carbocycles. The third-order valence-electron chi connectivity index (χ3n) is 5.08. The molecule has 31 heavy (non-hydrogen) atoms. The zero-order valence-corrected chi connectivity index (χ0v) is 18.7. The van der Waals surface area contributed by atoms with Crippen LogP contribution in [0.25, 0.3) is 0 Å². The van der Waals surface area contributed by atoms with Crippen LogP contribution >= 0.6 is 11.3 Å². The summed E-state index contributed by atoms with van der Waals surface area (Å²) < 4.78 is 5.27. The van der Waals surface area contributed by atoms with Gasteiger partial charge in [-0.3, -0.25) is 4.79 Å². The first-order valence-electron chi connectivity index (χ1n) is 10.0. The highest BCUT2D eigenvalue weighted by atomic mass is 32.1. The van der Waals surface area contributed by atoms with Crippen molar-refractivity contribution in [2.75, 3.05) is 10.6 Å². The number of carbonyl (C=O) groups is 1. The summed E-state index contributed by atoms with van der Waals surface area (Å²) in [5.41, 5.74) is 4.96. The third kappa shape index (κ3) is 4.51. The molecule has 4 rings (SSSR count). The number of amides is 1. The second kappa shape index (κ2) is 8.73. The van der Waals surface area contributed by atoms with Crippen LogP contribution in [0.1, 0.15) is 49.6 Å². The molecule has 158 valence electrons. The number of furan rings is 1. The summed E-state index contributed by atoms with van der Waals surface area (Å²) in [7, 11) is 0. The monoisotopic (exact) mass is 432 g/mol. The molecule has 0 saturated carbocycles. The van der Waals surface area contributed by atoms with Gasteiger partial charge in [0.05, 0.1) is 12.3 Å². The lowest BCUT2D eigenvalue weighted by atomic mass is 9.96. The molecule has 2 N–H and O–H groups in total. The first-order chi connectivity index (χ1) is 14.9. The standard InChI is InChI=1S/C24H24N4O2S/c1-14-13-15(2)26-24(25-14)27-21(18-9-6-5-7-10-18)20-16(3)17(4)31-23(20)28-22(29)19-11-8-12-30-19/h5-13,21H,1-4H3,(H,28,29)(H,25,26,27)/t21-/m1/s1. The van der Waals surface area contributed by atoms with Crippen molar-refractivity contribution in [3.8, 4) is 0 Å². The van der Waals surface area contributed by atoms with Crippen molar-refractivity contribution in [3.05, 3.63) is 93.5 Å². The Labute approximate surface area is 185 Å². The minimum Gasteiger partial charge on any atom is -0.459 e. The number of benzene rings is 1. The minimum absolute atomic E-state index is 0.237. The second-order valence-electron chi connectivity index (χ2n) is 7.42. The summed E-state index contributed by atoms with van der Waals surface area (Å²) in [6.45, 7) is 8.03. The van der Waals surface area contributed by atoms with Gasteiger partial charge in [-0.15, -0.1) is 11.3 Å². The van der Waals surface area contributed by atoms with Crippen molar-refractivity contribution < 1.29 is 9.21 Å². The Bertz CT molecular complexity index is 1180. The SMILES string of the molecule is Cc1cc(C)nc(N[C@H](c2ccccc2)c2c(NC(=O)c3ccco3)sc(C)c2C)n1. The van der Waals surface area contributed by atoms with E-state index in [-0.39, 0.29) is 17.7 Å². The molecule has 0 radical (unpaired) electrons. The van der Waals surface area contributed by atoms with Crippen LogP contribution in [0, 0.1) is 27.7 Å². The number of hydrogen-bond acceptors (Lipinski definition) is 6. The van der Waals surface area contributed by atoms with Gasteiger partial charge in [0.25, 0.3) is 5.91 Å². The van der Waals surface area contributed by atoms with Crippen LogP contribution < -0.4 is 10.6 Å². The summed E-state index contributed by atoms with van der Waals surface area (Å²) in [6.07, 6.45) is 1.49. The number of thiophene rings is 1. The molecule has 1 aromatic carbocycles. The second-order valence-corrected chi connectivity index (χ2v) is 8.64. The van der Waals surface area contributed by atoms with E-state index >= 15 is 0 Å². The van der Waals surface area contributed by atoms with Crippen molar-refractivity contribution >= 4 is 28.2 Å². The Hall–Kier alpha value is -3.45. The van der Waals surface area contributed by atoms with Gasteiger partial charge < -0.3 is 15.1 Å². The van der Waals surface area contributed by atoms with E-state index in [1.165, 1.54) is 6.26 Å². The van der Waals surface area contributed by atoms with Gasteiger partial charge in [0, 0.05) is 21.8 Å². The highest BCUT2D eigenvalue weighted by Crippen LogP contribution is 2.40. The molecule has 7 heteroatoms. The summed E-state index contributed by atoms with van der Waals surface area (Å²) in [5.74, 6) is 0.552. The third-order valence-corrected chi connectivity index (χ3v) is 6.22. The molecular weight excluding hydrogens is 408 g/mol. The highest BCUT2D eigenvalue weighted by molar-refractivity contribution is 7.16. The molecule has 1 amide bonds. The zero-order chi connectivity index (χ0) is 22.0. The molecule has 1 atom stereocenters. The van der Waals surface area contributed by atoms with Crippen LogP contribution in [-0.4, -0.2) is 15.9 Å². The fraction of sp³-hybridized carbons (Fsp3) is 0.208. The Balaban J connectivity index is 1.78. The summed E-state index contributed by atoms with van der Waals surface area (Å²) in [5, 5.41) is 7.32. The van der Waals surface area contributed by atoms with Crippen LogP contribution in [0.2, 0.25) is 0 Å². The van der Waals surface area contributed by atoms with E-state index in [4.69, 9.17) is 4.42 Å². The maximum Gasteiger partial charge on any atom is 0.291 e. The number of nitrogens with one attached hydrogen (secondary N) is 2. The van der Waals surface area contributed by atoms with E-state index in [9.17, 15) is 4.79 Å². The van der Waals surface area contributed by atoms with Gasteiger partial charge in [-0.2, -0.15) is 0 Å². The quantitative estimate of drug-likeness (QED) is 0.401. The summed E-state index contributed by atoms with van der Waals surface area (Å²) in [6, 6.07) is 15.2. The average molecular weight is 433 g/mol. The molecular formula is C24H24N4O2S. The van der Waals surface area contributed by atoms with E-state index in [1.807, 2.05) is 38.1 Å². The molecule has 3 heterocycles. The van der Waals surface area contributed by atoms with Crippen LogP contribution in [0.5, 0.6) is 0 Å². The van der Waals surface area contributed by atoms with Crippen LogP contribution in [0.15, 0.2) is 59.2 Å². The number of rotatable bonds is 6. The first kappa shape index (κ1) is 20.8. The number of hydrogen-bond donors (Lipinski definition) is 2. The van der Waals surface area contributed by atoms with Gasteiger partial charge in [-0.25, -0.2) is 9.97 Å². The van der Waals surface area contributed by atoms with Gasteiger partial charge in [0.15, 0.2) is 5.76 Å². The molecule has 6 nitrogen and oxygen atoms in total. The van der Waals surface area contributed by atoms with E-state index in [0.29, 0.717) is 5.95 Å². The molecule has 0 saturated heterocycles. The Morgan fingerprint density at radius 2 is 1.71 bits per heavy atom. The Morgan fingerprint density at radius 3 is 2.35 bits per heavy atom. The Kier molecular flexibility index (Phi) is 5.86. The number of nitrogens with zero attached hydrogens (tertiary/aromatic N) is 2. The number of carbonyl (C=O) groups excluding carboxylic acids is 1. The van der Waals surface area contributed by atoms with E-state index < -0.39 is 0 Å². The predicted octanol–water partition coefficient (Wildman–Crippen LogP) is 5.82. The average Bonchev–Trinajstić information content (AvgIpc) is 3.36. The Morgan fingerprint density at radius 1 is 1.00 bits per heavy atom. The largest absolute Gasteiger partial charge is 0.459 e. The van der Waals surface area contributed by atoms with Gasteiger partial charge in [0.2, 0.25) is 5.95 Å². The predicted molar refractivity (Wildman–Crippen MR) is 124 cm³/mol. The van der Waals surface area contributed by atoms with Crippen molar-refractivity contribution in [3.63, 3.8) is 0 Å². The lowest BCUT2D eigenvalue weighted by Crippen LogP contribution is -2.18. The molecule has 0 unspecified atom stereocenters. The van der Waals surface area contributed by atoms with Crippen molar-refractivity contribution in [1.82, 2.24) is 9.97 Å². The minimum atomic E-state index is -0.276. The molecule has 4 aromatic rings. The maximum atomic E-state index is 12.7. The van der Waals surface area contributed by atoms with E-state index in [1.54, 1.807) is 23.5 Å². The topological polar surface area (TPSA) is 80.0 Å². The molecule has 3 aromatic heterocycles. The van der Waals surface area contributed by atoms with Gasteiger partial charge >= 0.3 is 0 Å². The fourth-order valence-corrected chi connectivity index (χ4v) is 4.64. The number of aryl methyl sites for hydroxylation is 3. The van der Waals surface area contributed by atoms with Gasteiger partial charge in [-0.1, -0.05) is 30.3 Å². The van der Waals surface area contributed by atoms with Gasteiger partial charge in [0.1, 0.15) is 5.00 Å².